The molecule has 1 aromatic carbocycles. The molecule has 2 nitrogen and oxygen atoms in total. The Kier molecular flexibility index (Phi) is 3.59. The number of hydrogen-bond acceptors (Lipinski definition) is 3. The standard InChI is InChI=1S/C12H12ClNOS/c1-8-2-3-9(13)4-11(8)12(15)5-10-6-14-7-16-10/h2-4,6-7,12,15H,5H2,1H3. The van der Waals surface area contributed by atoms with E-state index in [0.29, 0.717) is 11.4 Å². The van der Waals surface area contributed by atoms with Gasteiger partial charge in [0.15, 0.2) is 0 Å². The van der Waals surface area contributed by atoms with Crippen molar-refractivity contribution in [3.63, 3.8) is 0 Å². The van der Waals surface area contributed by atoms with Crippen LogP contribution in [0.1, 0.15) is 22.1 Å². The minimum Gasteiger partial charge on any atom is -0.388 e. The number of thiazole rings is 1. The van der Waals surface area contributed by atoms with Gasteiger partial charge in [-0.3, -0.25) is 4.98 Å². The lowest BCUT2D eigenvalue weighted by Crippen LogP contribution is -2.02. The molecular formula is C12H12ClNOS. The Labute approximate surface area is 104 Å². The van der Waals surface area contributed by atoms with Crippen molar-refractivity contribution in [2.45, 2.75) is 19.4 Å². The predicted octanol–water partition coefficient (Wildman–Crippen LogP) is 3.38. The minimum atomic E-state index is -0.515. The highest BCUT2D eigenvalue weighted by molar-refractivity contribution is 7.09. The van der Waals surface area contributed by atoms with Crippen LogP contribution in [-0.2, 0) is 6.42 Å². The Bertz CT molecular complexity index is 470. The normalized spacial score (nSPS) is 12.7. The number of aliphatic hydroxyl groups is 1. The van der Waals surface area contributed by atoms with E-state index in [1.807, 2.05) is 25.1 Å². The van der Waals surface area contributed by atoms with Gasteiger partial charge in [0.25, 0.3) is 0 Å². The van der Waals surface area contributed by atoms with Crippen molar-refractivity contribution in [2.75, 3.05) is 0 Å². The van der Waals surface area contributed by atoms with Crippen LogP contribution in [0, 0.1) is 6.92 Å². The third-order valence-corrected chi connectivity index (χ3v) is 3.52. The minimum absolute atomic E-state index is 0.515. The molecule has 16 heavy (non-hydrogen) atoms. The molecule has 0 amide bonds. The molecule has 1 N–H and O–H groups in total. The molecule has 0 bridgehead atoms. The average molecular weight is 254 g/mol. The fourth-order valence-electron chi connectivity index (χ4n) is 1.61. The first-order valence-corrected chi connectivity index (χ1v) is 6.24. The van der Waals surface area contributed by atoms with Crippen molar-refractivity contribution in [1.82, 2.24) is 4.98 Å². The summed E-state index contributed by atoms with van der Waals surface area (Å²) in [6.45, 7) is 1.97. The van der Waals surface area contributed by atoms with Crippen LogP contribution in [0.3, 0.4) is 0 Å². The molecule has 1 heterocycles. The van der Waals surface area contributed by atoms with Gasteiger partial charge in [0.2, 0.25) is 0 Å². The molecule has 2 aromatic rings. The van der Waals surface area contributed by atoms with Crippen LogP contribution < -0.4 is 0 Å². The molecule has 0 radical (unpaired) electrons. The fraction of sp³-hybridized carbons (Fsp3) is 0.250. The highest BCUT2D eigenvalue weighted by atomic mass is 35.5. The molecule has 0 fully saturated rings. The smallest absolute Gasteiger partial charge is 0.0841 e. The highest BCUT2D eigenvalue weighted by Crippen LogP contribution is 2.25. The molecule has 0 aliphatic carbocycles. The maximum absolute atomic E-state index is 10.1. The third kappa shape index (κ3) is 2.61. The molecule has 84 valence electrons. The van der Waals surface area contributed by atoms with Gasteiger partial charge in [0.05, 0.1) is 11.6 Å². The van der Waals surface area contributed by atoms with Gasteiger partial charge in [-0.2, -0.15) is 0 Å². The van der Waals surface area contributed by atoms with E-state index in [9.17, 15) is 5.11 Å². The second-order valence-electron chi connectivity index (χ2n) is 3.69. The molecule has 0 saturated carbocycles. The molecular weight excluding hydrogens is 242 g/mol. The number of benzene rings is 1. The number of aliphatic hydroxyl groups excluding tert-OH is 1. The Morgan fingerprint density at radius 2 is 2.31 bits per heavy atom. The van der Waals surface area contributed by atoms with Gasteiger partial charge in [0.1, 0.15) is 0 Å². The molecule has 0 aliphatic heterocycles. The van der Waals surface area contributed by atoms with E-state index >= 15 is 0 Å². The first-order valence-electron chi connectivity index (χ1n) is 4.98. The molecule has 1 unspecified atom stereocenters. The third-order valence-electron chi connectivity index (χ3n) is 2.48. The number of hydrogen-bond donors (Lipinski definition) is 1. The summed E-state index contributed by atoms with van der Waals surface area (Å²) >= 11 is 7.47. The average Bonchev–Trinajstić information content (AvgIpc) is 2.74. The van der Waals surface area contributed by atoms with Crippen LogP contribution in [0.25, 0.3) is 0 Å². The Morgan fingerprint density at radius 3 is 3.00 bits per heavy atom. The van der Waals surface area contributed by atoms with Gasteiger partial charge in [-0.25, -0.2) is 0 Å². The Hall–Kier alpha value is -0.900. The summed E-state index contributed by atoms with van der Waals surface area (Å²) in [5, 5.41) is 10.8. The number of aromatic nitrogens is 1. The Morgan fingerprint density at radius 1 is 1.50 bits per heavy atom. The number of rotatable bonds is 3. The number of aryl methyl sites for hydroxylation is 1. The lowest BCUT2D eigenvalue weighted by Gasteiger charge is -2.12. The molecule has 1 aromatic heterocycles. The second kappa shape index (κ2) is 4.95. The van der Waals surface area contributed by atoms with Crippen LogP contribution in [0.2, 0.25) is 5.02 Å². The van der Waals surface area contributed by atoms with Crippen LogP contribution >= 0.6 is 22.9 Å². The van der Waals surface area contributed by atoms with Gasteiger partial charge in [-0.05, 0) is 30.2 Å². The van der Waals surface area contributed by atoms with Crippen LogP contribution in [0.5, 0.6) is 0 Å². The van der Waals surface area contributed by atoms with E-state index in [1.54, 1.807) is 23.0 Å². The topological polar surface area (TPSA) is 33.1 Å². The van der Waals surface area contributed by atoms with E-state index < -0.39 is 6.10 Å². The maximum atomic E-state index is 10.1. The van der Waals surface area contributed by atoms with Gasteiger partial charge in [0, 0.05) is 22.5 Å². The zero-order chi connectivity index (χ0) is 11.5. The Balaban J connectivity index is 2.20. The van der Waals surface area contributed by atoms with Crippen molar-refractivity contribution < 1.29 is 5.11 Å². The quantitative estimate of drug-likeness (QED) is 0.910. The van der Waals surface area contributed by atoms with Gasteiger partial charge in [-0.1, -0.05) is 17.7 Å². The van der Waals surface area contributed by atoms with Crippen molar-refractivity contribution >= 4 is 22.9 Å². The van der Waals surface area contributed by atoms with Gasteiger partial charge >= 0.3 is 0 Å². The summed E-state index contributed by atoms with van der Waals surface area (Å²) in [5.74, 6) is 0. The summed E-state index contributed by atoms with van der Waals surface area (Å²) in [7, 11) is 0. The van der Waals surface area contributed by atoms with Crippen LogP contribution in [0.15, 0.2) is 29.9 Å². The van der Waals surface area contributed by atoms with E-state index in [2.05, 4.69) is 4.98 Å². The van der Waals surface area contributed by atoms with E-state index in [-0.39, 0.29) is 0 Å². The number of halogens is 1. The lowest BCUT2D eigenvalue weighted by atomic mass is 10.0. The van der Waals surface area contributed by atoms with Gasteiger partial charge < -0.3 is 5.11 Å². The predicted molar refractivity (Wildman–Crippen MR) is 67.0 cm³/mol. The molecule has 1 atom stereocenters. The largest absolute Gasteiger partial charge is 0.388 e. The van der Waals surface area contributed by atoms with E-state index in [4.69, 9.17) is 11.6 Å². The molecule has 0 aliphatic rings. The summed E-state index contributed by atoms with van der Waals surface area (Å²) < 4.78 is 0. The summed E-state index contributed by atoms with van der Waals surface area (Å²) in [5.41, 5.74) is 3.72. The molecule has 0 saturated heterocycles. The zero-order valence-electron chi connectivity index (χ0n) is 8.85. The SMILES string of the molecule is Cc1ccc(Cl)cc1C(O)Cc1cncs1. The second-order valence-corrected chi connectivity index (χ2v) is 5.10. The first-order chi connectivity index (χ1) is 7.66. The first kappa shape index (κ1) is 11.6. The van der Waals surface area contributed by atoms with Crippen LogP contribution in [-0.4, -0.2) is 10.1 Å². The lowest BCUT2D eigenvalue weighted by molar-refractivity contribution is 0.178. The monoisotopic (exact) mass is 253 g/mol. The molecule has 4 heteroatoms. The number of nitrogens with zero attached hydrogens (tertiary/aromatic N) is 1. The van der Waals surface area contributed by atoms with Crippen molar-refractivity contribution in [3.05, 3.63) is 50.9 Å². The summed E-state index contributed by atoms with van der Waals surface area (Å²) in [6.07, 6.45) is 1.86. The van der Waals surface area contributed by atoms with Crippen molar-refractivity contribution in [1.29, 1.82) is 0 Å². The molecule has 2 rings (SSSR count). The summed E-state index contributed by atoms with van der Waals surface area (Å²) in [6, 6.07) is 5.58. The van der Waals surface area contributed by atoms with E-state index in [1.165, 1.54) is 0 Å². The van der Waals surface area contributed by atoms with Crippen molar-refractivity contribution in [3.8, 4) is 0 Å². The summed E-state index contributed by atoms with van der Waals surface area (Å²) in [4.78, 5) is 5.07. The fourth-order valence-corrected chi connectivity index (χ4v) is 2.43. The highest BCUT2D eigenvalue weighted by Gasteiger charge is 2.12. The van der Waals surface area contributed by atoms with Crippen LogP contribution in [0.4, 0.5) is 0 Å². The van der Waals surface area contributed by atoms with Gasteiger partial charge in [-0.15, -0.1) is 11.3 Å². The van der Waals surface area contributed by atoms with E-state index in [0.717, 1.165) is 16.0 Å². The maximum Gasteiger partial charge on any atom is 0.0841 e. The van der Waals surface area contributed by atoms with Crippen molar-refractivity contribution in [2.24, 2.45) is 0 Å². The zero-order valence-corrected chi connectivity index (χ0v) is 10.4. The molecule has 0 spiro atoms.